The molecule has 3 N–H and O–H groups in total. The minimum atomic E-state index is -3.73. The number of hydrogen-bond donors (Lipinski definition) is 2. The summed E-state index contributed by atoms with van der Waals surface area (Å²) in [7, 11) is -3.73. The van der Waals surface area contributed by atoms with E-state index in [-0.39, 0.29) is 29.4 Å². The van der Waals surface area contributed by atoms with E-state index in [0.717, 1.165) is 16.8 Å². The van der Waals surface area contributed by atoms with Crippen LogP contribution in [0, 0.1) is 0 Å². The molecular formula is C19H23N3O3S. The normalized spacial score (nSPS) is 17.7. The molecule has 1 aliphatic rings. The monoisotopic (exact) mass is 373 g/mol. The summed E-state index contributed by atoms with van der Waals surface area (Å²) in [4.78, 5) is 14.6. The number of amides is 1. The number of benzene rings is 2. The van der Waals surface area contributed by atoms with Crippen LogP contribution in [0.1, 0.15) is 31.0 Å². The van der Waals surface area contributed by atoms with E-state index in [1.165, 1.54) is 6.07 Å². The standard InChI is InChI=1S/C19H23N3O3S/c1-13-10-16-11-17(26(20,24)25)8-9-18(16)22(13)12-19(23)21-14(2)15-6-4-3-5-7-15/h3-9,11,13-14H,10,12H2,1-2H3,(H,21,23)(H2,20,24,25)/t13-,14-/m0/s1. The first-order valence-corrected chi connectivity index (χ1v) is 10.1. The van der Waals surface area contributed by atoms with Gasteiger partial charge in [0.15, 0.2) is 0 Å². The van der Waals surface area contributed by atoms with E-state index in [0.29, 0.717) is 6.42 Å². The fourth-order valence-corrected chi connectivity index (χ4v) is 3.92. The van der Waals surface area contributed by atoms with E-state index in [2.05, 4.69) is 5.32 Å². The molecule has 0 radical (unpaired) electrons. The van der Waals surface area contributed by atoms with Crippen LogP contribution in [0.5, 0.6) is 0 Å². The van der Waals surface area contributed by atoms with Crippen molar-refractivity contribution in [1.82, 2.24) is 5.32 Å². The molecule has 3 rings (SSSR count). The molecule has 0 saturated heterocycles. The van der Waals surface area contributed by atoms with Crippen LogP contribution in [0.25, 0.3) is 0 Å². The maximum Gasteiger partial charge on any atom is 0.240 e. The van der Waals surface area contributed by atoms with Gasteiger partial charge in [-0.2, -0.15) is 0 Å². The number of primary sulfonamides is 1. The molecule has 0 fully saturated rings. The van der Waals surface area contributed by atoms with Crippen LogP contribution in [0.3, 0.4) is 0 Å². The quantitative estimate of drug-likeness (QED) is 0.838. The van der Waals surface area contributed by atoms with Crippen molar-refractivity contribution in [3.05, 3.63) is 59.7 Å². The van der Waals surface area contributed by atoms with Gasteiger partial charge in [-0.3, -0.25) is 4.79 Å². The molecule has 26 heavy (non-hydrogen) atoms. The van der Waals surface area contributed by atoms with Crippen molar-refractivity contribution >= 4 is 21.6 Å². The Morgan fingerprint density at radius 2 is 1.96 bits per heavy atom. The zero-order chi connectivity index (χ0) is 18.9. The number of nitrogens with two attached hydrogens (primary N) is 1. The van der Waals surface area contributed by atoms with Crippen LogP contribution < -0.4 is 15.4 Å². The predicted octanol–water partition coefficient (Wildman–Crippen LogP) is 1.96. The molecule has 0 spiro atoms. The van der Waals surface area contributed by atoms with Gasteiger partial charge in [0, 0.05) is 11.7 Å². The molecule has 2 aromatic rings. The number of hydrogen-bond acceptors (Lipinski definition) is 4. The minimum Gasteiger partial charge on any atom is -0.359 e. The maximum atomic E-state index is 12.5. The van der Waals surface area contributed by atoms with Gasteiger partial charge in [0.1, 0.15) is 0 Å². The highest BCUT2D eigenvalue weighted by atomic mass is 32.2. The summed E-state index contributed by atoms with van der Waals surface area (Å²) in [6, 6.07) is 14.6. The van der Waals surface area contributed by atoms with Crippen LogP contribution >= 0.6 is 0 Å². The molecule has 0 aliphatic carbocycles. The second kappa shape index (κ2) is 7.09. The maximum absolute atomic E-state index is 12.5. The molecule has 1 amide bonds. The molecule has 1 heterocycles. The molecule has 1 aliphatic heterocycles. The Bertz CT molecular complexity index is 913. The van der Waals surface area contributed by atoms with Crippen LogP contribution in [-0.4, -0.2) is 26.9 Å². The Morgan fingerprint density at radius 1 is 1.27 bits per heavy atom. The Labute approximate surface area is 154 Å². The van der Waals surface area contributed by atoms with E-state index in [9.17, 15) is 13.2 Å². The summed E-state index contributed by atoms with van der Waals surface area (Å²) in [6.07, 6.45) is 0.681. The molecule has 6 nitrogen and oxygen atoms in total. The lowest BCUT2D eigenvalue weighted by molar-refractivity contribution is -0.120. The van der Waals surface area contributed by atoms with Crippen molar-refractivity contribution in [2.75, 3.05) is 11.4 Å². The summed E-state index contributed by atoms with van der Waals surface area (Å²) in [5.41, 5.74) is 2.83. The summed E-state index contributed by atoms with van der Waals surface area (Å²) < 4.78 is 23.1. The first kappa shape index (κ1) is 18.4. The molecule has 2 atom stereocenters. The average Bonchev–Trinajstić information content (AvgIpc) is 2.89. The minimum absolute atomic E-state index is 0.0726. The third kappa shape index (κ3) is 3.89. The van der Waals surface area contributed by atoms with Crippen molar-refractivity contribution in [2.45, 2.75) is 37.2 Å². The van der Waals surface area contributed by atoms with Crippen molar-refractivity contribution in [1.29, 1.82) is 0 Å². The summed E-state index contributed by atoms with van der Waals surface area (Å²) in [5.74, 6) is -0.0726. The van der Waals surface area contributed by atoms with Gasteiger partial charge in [-0.25, -0.2) is 13.6 Å². The van der Waals surface area contributed by atoms with Gasteiger partial charge in [0.25, 0.3) is 0 Å². The first-order chi connectivity index (χ1) is 12.3. The lowest BCUT2D eigenvalue weighted by Crippen LogP contribution is -2.40. The Balaban J connectivity index is 1.72. The highest BCUT2D eigenvalue weighted by molar-refractivity contribution is 7.89. The van der Waals surface area contributed by atoms with Crippen molar-refractivity contribution in [2.24, 2.45) is 5.14 Å². The van der Waals surface area contributed by atoms with Gasteiger partial charge in [-0.15, -0.1) is 0 Å². The second-order valence-electron chi connectivity index (χ2n) is 6.72. The van der Waals surface area contributed by atoms with E-state index < -0.39 is 10.0 Å². The molecule has 7 heteroatoms. The third-order valence-electron chi connectivity index (χ3n) is 4.73. The van der Waals surface area contributed by atoms with Crippen molar-refractivity contribution < 1.29 is 13.2 Å². The zero-order valence-corrected chi connectivity index (χ0v) is 15.7. The van der Waals surface area contributed by atoms with Crippen molar-refractivity contribution in [3.8, 4) is 0 Å². The molecule has 0 unspecified atom stereocenters. The SMILES string of the molecule is C[C@H](NC(=O)CN1c2ccc(S(N)(=O)=O)cc2C[C@@H]1C)c1ccccc1. The first-order valence-electron chi connectivity index (χ1n) is 8.52. The molecule has 0 saturated carbocycles. The van der Waals surface area contributed by atoms with E-state index in [4.69, 9.17) is 5.14 Å². The van der Waals surface area contributed by atoms with Gasteiger partial charge in [-0.05, 0) is 49.6 Å². The number of carbonyl (C=O) groups excluding carboxylic acids is 1. The van der Waals surface area contributed by atoms with Crippen LogP contribution in [0.2, 0.25) is 0 Å². The molecular weight excluding hydrogens is 350 g/mol. The smallest absolute Gasteiger partial charge is 0.240 e. The van der Waals surface area contributed by atoms with Gasteiger partial charge in [0.05, 0.1) is 17.5 Å². The largest absolute Gasteiger partial charge is 0.359 e. The lowest BCUT2D eigenvalue weighted by Gasteiger charge is -2.25. The van der Waals surface area contributed by atoms with E-state index in [1.807, 2.05) is 49.1 Å². The molecule has 0 aromatic heterocycles. The second-order valence-corrected chi connectivity index (χ2v) is 8.28. The van der Waals surface area contributed by atoms with Gasteiger partial charge >= 0.3 is 0 Å². The Hall–Kier alpha value is -2.38. The van der Waals surface area contributed by atoms with Crippen LogP contribution in [0.15, 0.2) is 53.4 Å². The zero-order valence-electron chi connectivity index (χ0n) is 14.8. The Morgan fingerprint density at radius 3 is 2.62 bits per heavy atom. The molecule has 2 aromatic carbocycles. The lowest BCUT2D eigenvalue weighted by atomic mass is 10.1. The summed E-state index contributed by atoms with van der Waals surface area (Å²) in [5, 5.41) is 8.22. The number of fused-ring (bicyclic) bond motifs is 1. The topological polar surface area (TPSA) is 92.5 Å². The van der Waals surface area contributed by atoms with Gasteiger partial charge < -0.3 is 10.2 Å². The van der Waals surface area contributed by atoms with Gasteiger partial charge in [0.2, 0.25) is 15.9 Å². The molecule has 0 bridgehead atoms. The highest BCUT2D eigenvalue weighted by Crippen LogP contribution is 2.33. The highest BCUT2D eigenvalue weighted by Gasteiger charge is 2.29. The number of sulfonamides is 1. The number of nitrogens with one attached hydrogen (secondary N) is 1. The summed E-state index contributed by atoms with van der Waals surface area (Å²) >= 11 is 0. The van der Waals surface area contributed by atoms with Gasteiger partial charge in [-0.1, -0.05) is 30.3 Å². The predicted molar refractivity (Wildman–Crippen MR) is 101 cm³/mol. The van der Waals surface area contributed by atoms with Crippen LogP contribution in [0.4, 0.5) is 5.69 Å². The Kier molecular flexibility index (Phi) is 5.02. The van der Waals surface area contributed by atoms with Crippen molar-refractivity contribution in [3.63, 3.8) is 0 Å². The summed E-state index contributed by atoms with van der Waals surface area (Å²) in [6.45, 7) is 4.19. The third-order valence-corrected chi connectivity index (χ3v) is 5.64. The van der Waals surface area contributed by atoms with Crippen LogP contribution in [-0.2, 0) is 21.2 Å². The number of nitrogens with zero attached hydrogens (tertiary/aromatic N) is 1. The number of anilines is 1. The molecule has 138 valence electrons. The fraction of sp³-hybridized carbons (Fsp3) is 0.316. The van der Waals surface area contributed by atoms with E-state index in [1.54, 1.807) is 12.1 Å². The number of carbonyl (C=O) groups is 1. The van der Waals surface area contributed by atoms with E-state index >= 15 is 0 Å². The fourth-order valence-electron chi connectivity index (χ4n) is 3.36. The average molecular weight is 373 g/mol. The number of rotatable bonds is 5.